The molecule has 1 saturated heterocycles. The van der Waals surface area contributed by atoms with Crippen LogP contribution in [0.3, 0.4) is 0 Å². The zero-order chi connectivity index (χ0) is 15.1. The van der Waals surface area contributed by atoms with Gasteiger partial charge in [-0.25, -0.2) is 0 Å². The van der Waals surface area contributed by atoms with Gasteiger partial charge in [-0.2, -0.15) is 5.26 Å². The second kappa shape index (κ2) is 7.99. The lowest BCUT2D eigenvalue weighted by molar-refractivity contribution is 0.0484. The maximum Gasteiger partial charge on any atom is 0.119 e. The number of nitrogens with zero attached hydrogens (tertiary/aromatic N) is 3. The predicted octanol–water partition coefficient (Wildman–Crippen LogP) is 0.876. The van der Waals surface area contributed by atoms with Crippen LogP contribution >= 0.6 is 0 Å². The molecular formula is C16H23N3O2. The van der Waals surface area contributed by atoms with Crippen LogP contribution in [0.5, 0.6) is 5.75 Å². The van der Waals surface area contributed by atoms with E-state index in [4.69, 9.17) is 10.00 Å². The number of aliphatic hydroxyl groups excluding tert-OH is 1. The molecule has 21 heavy (non-hydrogen) atoms. The summed E-state index contributed by atoms with van der Waals surface area (Å²) in [6.45, 7) is 7.01. The van der Waals surface area contributed by atoms with E-state index in [0.29, 0.717) is 19.7 Å². The van der Waals surface area contributed by atoms with Crippen LogP contribution in [0.4, 0.5) is 0 Å². The van der Waals surface area contributed by atoms with Crippen LogP contribution in [-0.2, 0) is 0 Å². The summed E-state index contributed by atoms with van der Waals surface area (Å²) in [6.07, 6.45) is -0.492. The van der Waals surface area contributed by atoms with Crippen LogP contribution in [0, 0.1) is 18.3 Å². The molecule has 2 rings (SSSR count). The molecule has 1 fully saturated rings. The molecule has 1 aliphatic heterocycles. The Morgan fingerprint density at radius 1 is 1.19 bits per heavy atom. The van der Waals surface area contributed by atoms with Gasteiger partial charge in [0.1, 0.15) is 18.5 Å². The number of rotatable bonds is 6. The van der Waals surface area contributed by atoms with Crippen molar-refractivity contribution in [3.8, 4) is 11.8 Å². The van der Waals surface area contributed by atoms with Crippen LogP contribution in [0.25, 0.3) is 0 Å². The van der Waals surface area contributed by atoms with Crippen molar-refractivity contribution in [2.24, 2.45) is 0 Å². The fourth-order valence-corrected chi connectivity index (χ4v) is 2.41. The number of ether oxygens (including phenoxy) is 1. The van der Waals surface area contributed by atoms with Crippen molar-refractivity contribution in [3.63, 3.8) is 0 Å². The predicted molar refractivity (Wildman–Crippen MR) is 81.2 cm³/mol. The van der Waals surface area contributed by atoms with Crippen LogP contribution in [0.15, 0.2) is 24.3 Å². The van der Waals surface area contributed by atoms with Crippen molar-refractivity contribution in [1.82, 2.24) is 9.80 Å². The minimum absolute atomic E-state index is 0.307. The van der Waals surface area contributed by atoms with Crippen molar-refractivity contribution in [2.45, 2.75) is 13.0 Å². The van der Waals surface area contributed by atoms with Crippen LogP contribution in [-0.4, -0.2) is 66.9 Å². The van der Waals surface area contributed by atoms with Crippen molar-refractivity contribution in [3.05, 3.63) is 29.8 Å². The van der Waals surface area contributed by atoms with Gasteiger partial charge in [-0.3, -0.25) is 9.80 Å². The molecule has 0 amide bonds. The zero-order valence-corrected chi connectivity index (χ0v) is 12.5. The van der Waals surface area contributed by atoms with Gasteiger partial charge in [0.15, 0.2) is 0 Å². The highest BCUT2D eigenvalue weighted by Gasteiger charge is 2.19. The number of aliphatic hydroxyl groups is 1. The third-order valence-electron chi connectivity index (χ3n) is 3.69. The lowest BCUT2D eigenvalue weighted by Crippen LogP contribution is -2.49. The van der Waals surface area contributed by atoms with E-state index < -0.39 is 6.10 Å². The third kappa shape index (κ3) is 5.35. The molecule has 1 aromatic rings. The molecule has 1 atom stereocenters. The van der Waals surface area contributed by atoms with Gasteiger partial charge in [-0.1, -0.05) is 17.7 Å². The fraction of sp³-hybridized carbons (Fsp3) is 0.562. The van der Waals surface area contributed by atoms with Crippen molar-refractivity contribution < 1.29 is 9.84 Å². The Kier molecular flexibility index (Phi) is 6.00. The van der Waals surface area contributed by atoms with Crippen molar-refractivity contribution in [2.75, 3.05) is 45.9 Å². The van der Waals surface area contributed by atoms with Gasteiger partial charge in [0.25, 0.3) is 0 Å². The summed E-state index contributed by atoms with van der Waals surface area (Å²) in [7, 11) is 0. The minimum Gasteiger partial charge on any atom is -0.491 e. The van der Waals surface area contributed by atoms with Crippen LogP contribution in [0.2, 0.25) is 0 Å². The van der Waals surface area contributed by atoms with Gasteiger partial charge in [0.2, 0.25) is 0 Å². The highest BCUT2D eigenvalue weighted by molar-refractivity contribution is 5.26. The number of hydrogen-bond donors (Lipinski definition) is 1. The third-order valence-corrected chi connectivity index (χ3v) is 3.69. The summed E-state index contributed by atoms with van der Waals surface area (Å²) in [5, 5.41) is 18.7. The van der Waals surface area contributed by atoms with E-state index in [1.54, 1.807) is 0 Å². The number of benzene rings is 1. The Hall–Kier alpha value is -1.61. The molecule has 0 radical (unpaired) electrons. The van der Waals surface area contributed by atoms with Crippen LogP contribution in [0.1, 0.15) is 5.56 Å². The Labute approximate surface area is 126 Å². The molecule has 5 heteroatoms. The number of hydrogen-bond acceptors (Lipinski definition) is 5. The fourth-order valence-electron chi connectivity index (χ4n) is 2.41. The Bertz CT molecular complexity index is 461. The van der Waals surface area contributed by atoms with Crippen molar-refractivity contribution >= 4 is 0 Å². The van der Waals surface area contributed by atoms with E-state index in [1.807, 2.05) is 31.2 Å². The topological polar surface area (TPSA) is 59.7 Å². The average molecular weight is 289 g/mol. The number of nitriles is 1. The van der Waals surface area contributed by atoms with E-state index in [1.165, 1.54) is 5.56 Å². The summed E-state index contributed by atoms with van der Waals surface area (Å²) >= 11 is 0. The van der Waals surface area contributed by atoms with Gasteiger partial charge in [-0.05, 0) is 19.1 Å². The first kappa shape index (κ1) is 15.8. The molecule has 0 aliphatic carbocycles. The van der Waals surface area contributed by atoms with Gasteiger partial charge in [-0.15, -0.1) is 0 Å². The highest BCUT2D eigenvalue weighted by atomic mass is 16.5. The van der Waals surface area contributed by atoms with Gasteiger partial charge < -0.3 is 9.84 Å². The Morgan fingerprint density at radius 2 is 1.81 bits per heavy atom. The average Bonchev–Trinajstić information content (AvgIpc) is 2.49. The monoisotopic (exact) mass is 289 g/mol. The van der Waals surface area contributed by atoms with E-state index in [0.717, 1.165) is 31.9 Å². The molecule has 5 nitrogen and oxygen atoms in total. The Morgan fingerprint density at radius 3 is 2.43 bits per heavy atom. The summed E-state index contributed by atoms with van der Waals surface area (Å²) < 4.78 is 5.59. The SMILES string of the molecule is Cc1ccc(OCC(O)CN2CCN(CC#N)CC2)cc1. The number of aryl methyl sites for hydroxylation is 1. The molecular weight excluding hydrogens is 266 g/mol. The molecule has 0 spiro atoms. The second-order valence-corrected chi connectivity index (χ2v) is 5.51. The summed E-state index contributed by atoms with van der Waals surface area (Å²) in [4.78, 5) is 4.35. The number of piperazine rings is 1. The molecule has 1 unspecified atom stereocenters. The normalized spacial score (nSPS) is 18.1. The quantitative estimate of drug-likeness (QED) is 0.788. The molecule has 1 aromatic carbocycles. The molecule has 114 valence electrons. The van der Waals surface area contributed by atoms with Crippen molar-refractivity contribution in [1.29, 1.82) is 5.26 Å². The lowest BCUT2D eigenvalue weighted by Gasteiger charge is -2.34. The standard InChI is InChI=1S/C16H23N3O2/c1-14-2-4-16(5-3-14)21-13-15(20)12-19-10-8-18(7-6-17)9-11-19/h2-5,15,20H,7-13H2,1H3. The maximum absolute atomic E-state index is 10.1. The number of β-amino-alcohol motifs (C(OH)–C–C–N with tert-alkyl or cyclic N) is 1. The highest BCUT2D eigenvalue weighted by Crippen LogP contribution is 2.12. The summed E-state index contributed by atoms with van der Waals surface area (Å²) in [5.74, 6) is 0.790. The van der Waals surface area contributed by atoms with Gasteiger partial charge >= 0.3 is 0 Å². The van der Waals surface area contributed by atoms with E-state index in [-0.39, 0.29) is 0 Å². The molecule has 0 aromatic heterocycles. The first-order chi connectivity index (χ1) is 10.2. The van der Waals surface area contributed by atoms with Gasteiger partial charge in [0.05, 0.1) is 12.6 Å². The molecule has 0 saturated carbocycles. The zero-order valence-electron chi connectivity index (χ0n) is 12.5. The smallest absolute Gasteiger partial charge is 0.119 e. The largest absolute Gasteiger partial charge is 0.491 e. The first-order valence-electron chi connectivity index (χ1n) is 7.36. The molecule has 1 N–H and O–H groups in total. The summed E-state index contributed by atoms with van der Waals surface area (Å²) in [6, 6.07) is 10.0. The molecule has 1 aliphatic rings. The minimum atomic E-state index is -0.492. The molecule has 1 heterocycles. The first-order valence-corrected chi connectivity index (χ1v) is 7.36. The lowest BCUT2D eigenvalue weighted by atomic mass is 10.2. The van der Waals surface area contributed by atoms with E-state index in [9.17, 15) is 5.11 Å². The summed E-state index contributed by atoms with van der Waals surface area (Å²) in [5.41, 5.74) is 1.19. The van der Waals surface area contributed by atoms with Gasteiger partial charge in [0, 0.05) is 32.7 Å². The second-order valence-electron chi connectivity index (χ2n) is 5.51. The maximum atomic E-state index is 10.1. The van der Waals surface area contributed by atoms with E-state index >= 15 is 0 Å². The Balaban J connectivity index is 1.67. The van der Waals surface area contributed by atoms with Crippen LogP contribution < -0.4 is 4.74 Å². The molecule has 0 bridgehead atoms. The van der Waals surface area contributed by atoms with E-state index in [2.05, 4.69) is 15.9 Å².